The van der Waals surface area contributed by atoms with Gasteiger partial charge < -0.3 is 10.0 Å². The Hall–Kier alpha value is -2.71. The molecule has 0 spiro atoms. The molecule has 4 nitrogen and oxygen atoms in total. The van der Waals surface area contributed by atoms with Crippen molar-refractivity contribution >= 4 is 5.91 Å². The quantitative estimate of drug-likeness (QED) is 0.922. The molecule has 1 saturated heterocycles. The predicted molar refractivity (Wildman–Crippen MR) is 94.4 cm³/mol. The second-order valence-corrected chi connectivity index (χ2v) is 6.94. The molecule has 0 unspecified atom stereocenters. The lowest BCUT2D eigenvalue weighted by molar-refractivity contribution is -0.148. The van der Waals surface area contributed by atoms with Crippen molar-refractivity contribution in [1.82, 2.24) is 4.90 Å². The van der Waals surface area contributed by atoms with Crippen molar-refractivity contribution < 1.29 is 14.3 Å². The summed E-state index contributed by atoms with van der Waals surface area (Å²) >= 11 is 0. The van der Waals surface area contributed by atoms with Crippen LogP contribution in [0.1, 0.15) is 24.3 Å². The van der Waals surface area contributed by atoms with Crippen LogP contribution >= 0.6 is 0 Å². The second kappa shape index (κ2) is 6.54. The van der Waals surface area contributed by atoms with Crippen molar-refractivity contribution in [2.45, 2.75) is 30.8 Å². The van der Waals surface area contributed by atoms with Crippen LogP contribution in [0.25, 0.3) is 11.1 Å². The number of aliphatic hydroxyl groups is 1. The van der Waals surface area contributed by atoms with Crippen LogP contribution in [0.5, 0.6) is 0 Å². The zero-order chi connectivity index (χ0) is 18.3. The van der Waals surface area contributed by atoms with Crippen LogP contribution < -0.4 is 0 Å². The van der Waals surface area contributed by atoms with E-state index in [4.69, 9.17) is 0 Å². The van der Waals surface area contributed by atoms with E-state index < -0.39 is 12.1 Å². The maximum atomic E-state index is 14.3. The fourth-order valence-electron chi connectivity index (χ4n) is 3.94. The molecule has 2 aromatic rings. The zero-order valence-corrected chi connectivity index (χ0v) is 14.2. The van der Waals surface area contributed by atoms with E-state index in [2.05, 4.69) is 6.07 Å². The number of aliphatic hydroxyl groups excluding tert-OH is 1. The van der Waals surface area contributed by atoms with Gasteiger partial charge in [0.15, 0.2) is 0 Å². The van der Waals surface area contributed by atoms with Crippen molar-refractivity contribution in [2.24, 2.45) is 5.92 Å². The normalized spacial score (nSPS) is 24.7. The fraction of sp³-hybridized carbons (Fsp3) is 0.333. The molecule has 1 aliphatic heterocycles. The molecule has 1 heterocycles. The van der Waals surface area contributed by atoms with E-state index in [-0.39, 0.29) is 30.2 Å². The molecule has 1 saturated carbocycles. The standard InChI is InChI=1S/C21H19FN2O2/c22-17-8-4-3-6-15(17)14-5-1-2-7-16(14)20-18(11-23)24(19(20)12-25)21(26)13-9-10-13/h1-8,13,18-20,25H,9-10,12H2/t18-,19+,20+/m1/s1. The van der Waals surface area contributed by atoms with Gasteiger partial charge in [-0.25, -0.2) is 4.39 Å². The molecule has 5 heteroatoms. The number of amides is 1. The van der Waals surface area contributed by atoms with Gasteiger partial charge >= 0.3 is 0 Å². The molecule has 2 aliphatic rings. The van der Waals surface area contributed by atoms with Crippen LogP contribution in [0.4, 0.5) is 4.39 Å². The molecular formula is C21H19FN2O2. The zero-order valence-electron chi connectivity index (χ0n) is 14.2. The lowest BCUT2D eigenvalue weighted by Crippen LogP contribution is -2.65. The molecule has 1 amide bonds. The van der Waals surface area contributed by atoms with Crippen molar-refractivity contribution in [2.75, 3.05) is 6.61 Å². The highest BCUT2D eigenvalue weighted by Crippen LogP contribution is 2.46. The number of carbonyl (C=O) groups is 1. The van der Waals surface area contributed by atoms with E-state index in [9.17, 15) is 19.6 Å². The Balaban J connectivity index is 1.75. The average Bonchev–Trinajstić information content (AvgIpc) is 3.48. The first kappa shape index (κ1) is 16.7. The Morgan fingerprint density at radius 1 is 1.15 bits per heavy atom. The molecular weight excluding hydrogens is 331 g/mol. The molecule has 0 radical (unpaired) electrons. The molecule has 1 aliphatic carbocycles. The Bertz CT molecular complexity index is 888. The molecule has 26 heavy (non-hydrogen) atoms. The molecule has 2 aromatic carbocycles. The Morgan fingerprint density at radius 3 is 2.42 bits per heavy atom. The van der Waals surface area contributed by atoms with Crippen LogP contribution in [0.15, 0.2) is 48.5 Å². The molecule has 1 N–H and O–H groups in total. The van der Waals surface area contributed by atoms with Crippen molar-refractivity contribution in [3.8, 4) is 17.2 Å². The third-order valence-electron chi connectivity index (χ3n) is 5.40. The first-order valence-electron chi connectivity index (χ1n) is 8.84. The van der Waals surface area contributed by atoms with Gasteiger partial charge in [-0.1, -0.05) is 42.5 Å². The maximum absolute atomic E-state index is 14.3. The minimum absolute atomic E-state index is 0.0114. The lowest BCUT2D eigenvalue weighted by Gasteiger charge is -2.52. The Morgan fingerprint density at radius 2 is 1.81 bits per heavy atom. The van der Waals surface area contributed by atoms with Gasteiger partial charge in [-0.3, -0.25) is 4.79 Å². The van der Waals surface area contributed by atoms with E-state index in [1.807, 2.05) is 24.3 Å². The van der Waals surface area contributed by atoms with E-state index in [0.29, 0.717) is 11.1 Å². The van der Waals surface area contributed by atoms with Crippen LogP contribution in [0.3, 0.4) is 0 Å². The summed E-state index contributed by atoms with van der Waals surface area (Å²) in [5.41, 5.74) is 1.96. The summed E-state index contributed by atoms with van der Waals surface area (Å²) in [7, 11) is 0. The van der Waals surface area contributed by atoms with Crippen molar-refractivity contribution in [3.63, 3.8) is 0 Å². The summed E-state index contributed by atoms with van der Waals surface area (Å²) in [6.45, 7) is -0.215. The van der Waals surface area contributed by atoms with E-state index in [1.54, 1.807) is 18.2 Å². The highest BCUT2D eigenvalue weighted by Gasteiger charge is 2.54. The number of hydrogen-bond acceptors (Lipinski definition) is 3. The number of likely N-dealkylation sites (tertiary alicyclic amines) is 1. The largest absolute Gasteiger partial charge is 0.394 e. The van der Waals surface area contributed by atoms with Gasteiger partial charge in [0.1, 0.15) is 11.9 Å². The van der Waals surface area contributed by atoms with Gasteiger partial charge in [-0.05, 0) is 30.0 Å². The lowest BCUT2D eigenvalue weighted by atomic mass is 9.73. The van der Waals surface area contributed by atoms with Crippen LogP contribution in [-0.4, -0.2) is 34.6 Å². The van der Waals surface area contributed by atoms with E-state index >= 15 is 0 Å². The van der Waals surface area contributed by atoms with Gasteiger partial charge in [0.25, 0.3) is 0 Å². The average molecular weight is 350 g/mol. The molecule has 0 bridgehead atoms. The summed E-state index contributed by atoms with van der Waals surface area (Å²) in [4.78, 5) is 14.0. The minimum atomic E-state index is -0.631. The van der Waals surface area contributed by atoms with Crippen LogP contribution in [0, 0.1) is 23.1 Å². The van der Waals surface area contributed by atoms with Gasteiger partial charge in [-0.15, -0.1) is 0 Å². The highest BCUT2D eigenvalue weighted by atomic mass is 19.1. The third-order valence-corrected chi connectivity index (χ3v) is 5.40. The third kappa shape index (κ3) is 2.58. The number of halogens is 1. The number of benzene rings is 2. The van der Waals surface area contributed by atoms with Crippen molar-refractivity contribution in [3.05, 3.63) is 59.9 Å². The Labute approximate surface area is 151 Å². The molecule has 3 atom stereocenters. The number of nitrogens with zero attached hydrogens (tertiary/aromatic N) is 2. The Kier molecular flexibility index (Phi) is 4.21. The highest BCUT2D eigenvalue weighted by molar-refractivity contribution is 5.84. The molecule has 132 valence electrons. The number of carbonyl (C=O) groups excluding carboxylic acids is 1. The van der Waals surface area contributed by atoms with Gasteiger partial charge in [-0.2, -0.15) is 5.26 Å². The predicted octanol–water partition coefficient (Wildman–Crippen LogP) is 3.08. The molecule has 2 fully saturated rings. The first-order valence-corrected chi connectivity index (χ1v) is 8.84. The summed E-state index contributed by atoms with van der Waals surface area (Å²) in [5, 5.41) is 19.6. The summed E-state index contributed by atoms with van der Waals surface area (Å²) in [6.07, 6.45) is 1.70. The summed E-state index contributed by atoms with van der Waals surface area (Å²) in [6, 6.07) is 15.0. The monoisotopic (exact) mass is 350 g/mol. The van der Waals surface area contributed by atoms with Crippen LogP contribution in [-0.2, 0) is 4.79 Å². The first-order chi connectivity index (χ1) is 12.7. The molecule has 4 rings (SSSR count). The van der Waals surface area contributed by atoms with E-state index in [1.165, 1.54) is 11.0 Å². The minimum Gasteiger partial charge on any atom is -0.394 e. The van der Waals surface area contributed by atoms with E-state index in [0.717, 1.165) is 18.4 Å². The fourth-order valence-corrected chi connectivity index (χ4v) is 3.94. The second-order valence-electron chi connectivity index (χ2n) is 6.94. The number of rotatable bonds is 4. The van der Waals surface area contributed by atoms with Crippen molar-refractivity contribution in [1.29, 1.82) is 5.26 Å². The van der Waals surface area contributed by atoms with Gasteiger partial charge in [0.2, 0.25) is 5.91 Å². The van der Waals surface area contributed by atoms with Gasteiger partial charge in [0.05, 0.1) is 18.7 Å². The topological polar surface area (TPSA) is 64.3 Å². The number of nitriles is 1. The van der Waals surface area contributed by atoms with Gasteiger partial charge in [0, 0.05) is 17.4 Å². The molecule has 0 aromatic heterocycles. The maximum Gasteiger partial charge on any atom is 0.227 e. The summed E-state index contributed by atoms with van der Waals surface area (Å²) < 4.78 is 14.3. The van der Waals surface area contributed by atoms with Crippen LogP contribution in [0.2, 0.25) is 0 Å². The SMILES string of the molecule is N#C[C@@H]1[C@H](c2ccccc2-c2ccccc2F)[C@H](CO)N1C(=O)C1CC1. The smallest absolute Gasteiger partial charge is 0.227 e. The summed E-state index contributed by atoms with van der Waals surface area (Å²) in [5.74, 6) is -0.722. The number of hydrogen-bond donors (Lipinski definition) is 1.